The molecule has 6 aromatic carbocycles. The van der Waals surface area contributed by atoms with Gasteiger partial charge in [-0.3, -0.25) is 0 Å². The largest absolute Gasteiger partial charge is 0.456 e. The summed E-state index contributed by atoms with van der Waals surface area (Å²) in [5, 5.41) is 5.05. The maximum atomic E-state index is 6.36. The van der Waals surface area contributed by atoms with Crippen LogP contribution in [-0.2, 0) is 0 Å². The number of hydrogen-bond acceptors (Lipinski definition) is 1. The molecule has 2 nitrogen and oxygen atoms in total. The normalized spacial score (nSPS) is 16.2. The van der Waals surface area contributed by atoms with Gasteiger partial charge in [0.15, 0.2) is 0 Å². The molecule has 2 saturated carbocycles. The van der Waals surface area contributed by atoms with Gasteiger partial charge in [0.1, 0.15) is 11.2 Å². The van der Waals surface area contributed by atoms with Gasteiger partial charge in [0.2, 0.25) is 0 Å². The fourth-order valence-electron chi connectivity index (χ4n) is 9.54. The van der Waals surface area contributed by atoms with E-state index in [-0.39, 0.29) is 0 Å². The number of fused-ring (bicyclic) bond motifs is 6. The maximum Gasteiger partial charge on any atom is 0.136 e. The second-order valence-electron chi connectivity index (χ2n) is 14.9. The molecule has 0 unspecified atom stereocenters. The van der Waals surface area contributed by atoms with Crippen molar-refractivity contribution in [1.82, 2.24) is 4.57 Å². The Labute approximate surface area is 294 Å². The average Bonchev–Trinajstić information content (AvgIpc) is 3.74. The summed E-state index contributed by atoms with van der Waals surface area (Å²) in [6.45, 7) is 0. The topological polar surface area (TPSA) is 18.1 Å². The summed E-state index contributed by atoms with van der Waals surface area (Å²) in [5.41, 5.74) is 13.7. The minimum absolute atomic E-state index is 0.652. The third-order valence-electron chi connectivity index (χ3n) is 12.0. The summed E-state index contributed by atoms with van der Waals surface area (Å²) in [6, 6.07) is 47.8. The summed E-state index contributed by atoms with van der Waals surface area (Å²) in [7, 11) is 0. The van der Waals surface area contributed by atoms with Crippen LogP contribution in [-0.4, -0.2) is 4.57 Å². The number of rotatable bonds is 5. The van der Waals surface area contributed by atoms with Gasteiger partial charge in [-0.05, 0) is 95.7 Å². The number of nitrogens with zero attached hydrogens (tertiary/aromatic N) is 1. The quantitative estimate of drug-likeness (QED) is 0.181. The zero-order valence-electron chi connectivity index (χ0n) is 28.7. The Morgan fingerprint density at radius 3 is 1.60 bits per heavy atom. The molecule has 10 rings (SSSR count). The van der Waals surface area contributed by atoms with Gasteiger partial charge in [-0.15, -0.1) is 0 Å². The Morgan fingerprint density at radius 2 is 0.940 bits per heavy atom. The van der Waals surface area contributed by atoms with Crippen molar-refractivity contribution in [2.75, 3.05) is 0 Å². The average molecular weight is 650 g/mol. The fraction of sp³-hybridized carbons (Fsp3) is 0.250. The van der Waals surface area contributed by atoms with E-state index < -0.39 is 0 Å². The number of para-hydroxylation sites is 2. The minimum Gasteiger partial charge on any atom is -0.456 e. The van der Waals surface area contributed by atoms with Crippen molar-refractivity contribution in [2.24, 2.45) is 0 Å². The van der Waals surface area contributed by atoms with E-state index in [1.54, 1.807) is 0 Å². The highest BCUT2D eigenvalue weighted by Crippen LogP contribution is 2.45. The molecule has 0 bridgehead atoms. The molecule has 0 N–H and O–H groups in total. The van der Waals surface area contributed by atoms with E-state index in [1.165, 1.54) is 130 Å². The van der Waals surface area contributed by atoms with E-state index >= 15 is 0 Å². The van der Waals surface area contributed by atoms with Gasteiger partial charge in [0.05, 0.1) is 16.7 Å². The lowest BCUT2D eigenvalue weighted by Gasteiger charge is -2.23. The van der Waals surface area contributed by atoms with Gasteiger partial charge in [-0.25, -0.2) is 0 Å². The van der Waals surface area contributed by atoms with Gasteiger partial charge in [0, 0.05) is 27.1 Å². The molecule has 0 amide bonds. The number of furan rings is 1. The fourth-order valence-corrected chi connectivity index (χ4v) is 9.54. The second kappa shape index (κ2) is 12.4. The molecule has 2 aliphatic rings. The zero-order valence-corrected chi connectivity index (χ0v) is 28.7. The third kappa shape index (κ3) is 4.91. The predicted octanol–water partition coefficient (Wildman–Crippen LogP) is 14.1. The monoisotopic (exact) mass is 649 g/mol. The highest BCUT2D eigenvalue weighted by Gasteiger charge is 2.23. The van der Waals surface area contributed by atoms with Crippen molar-refractivity contribution in [3.8, 4) is 27.9 Å². The molecule has 2 heteroatoms. The number of hydrogen-bond donors (Lipinski definition) is 0. The summed E-state index contributed by atoms with van der Waals surface area (Å²) >= 11 is 0. The molecule has 246 valence electrons. The molecule has 8 aromatic rings. The first-order valence-corrected chi connectivity index (χ1v) is 19.0. The molecule has 2 fully saturated rings. The first-order chi connectivity index (χ1) is 24.8. The van der Waals surface area contributed by atoms with Crippen LogP contribution in [0.4, 0.5) is 0 Å². The van der Waals surface area contributed by atoms with E-state index in [0.717, 1.165) is 16.6 Å². The molecule has 0 atom stereocenters. The molecule has 0 spiro atoms. The van der Waals surface area contributed by atoms with Crippen LogP contribution in [0.2, 0.25) is 0 Å². The Bertz CT molecular complexity index is 2440. The van der Waals surface area contributed by atoms with Crippen molar-refractivity contribution in [1.29, 1.82) is 0 Å². The molecule has 0 aliphatic heterocycles. The first-order valence-electron chi connectivity index (χ1n) is 19.0. The van der Waals surface area contributed by atoms with Crippen LogP contribution in [0.5, 0.6) is 0 Å². The summed E-state index contributed by atoms with van der Waals surface area (Å²) in [5.74, 6) is 1.30. The zero-order chi connectivity index (χ0) is 33.0. The predicted molar refractivity (Wildman–Crippen MR) is 211 cm³/mol. The SMILES string of the molecule is c1ccc(-c2cccc3oc4ccccc4c23)c(-c2ccccc2-n2c3cc(C4CCCCC4)ccc3c3ccc(C4CCCCC4)cc32)c1. The molecule has 0 saturated heterocycles. The highest BCUT2D eigenvalue weighted by molar-refractivity contribution is 6.14. The lowest BCUT2D eigenvalue weighted by atomic mass is 9.83. The van der Waals surface area contributed by atoms with Gasteiger partial charge in [0.25, 0.3) is 0 Å². The first kappa shape index (κ1) is 29.8. The van der Waals surface area contributed by atoms with E-state index in [0.29, 0.717) is 11.8 Å². The lowest BCUT2D eigenvalue weighted by Crippen LogP contribution is -2.05. The maximum absolute atomic E-state index is 6.36. The van der Waals surface area contributed by atoms with Crippen LogP contribution < -0.4 is 0 Å². The van der Waals surface area contributed by atoms with Crippen molar-refractivity contribution in [3.05, 3.63) is 139 Å². The van der Waals surface area contributed by atoms with E-state index in [9.17, 15) is 0 Å². The third-order valence-corrected chi connectivity index (χ3v) is 12.0. The highest BCUT2D eigenvalue weighted by atomic mass is 16.3. The summed E-state index contributed by atoms with van der Waals surface area (Å²) in [4.78, 5) is 0. The standard InChI is InChI=1S/C48H43NO/c1-3-14-32(15-4-1)34-26-28-39-40-29-27-35(33-16-5-2-6-17-33)31-45(40)49(44(39)30-34)43-23-11-9-20-38(43)36-18-7-8-19-37(36)41-22-13-25-47-48(41)42-21-10-12-24-46(42)50-47/h7-13,18-33H,1-6,14-17H2. The Hall–Kier alpha value is -5.08. The number of aromatic nitrogens is 1. The van der Waals surface area contributed by atoms with Crippen molar-refractivity contribution >= 4 is 43.7 Å². The summed E-state index contributed by atoms with van der Waals surface area (Å²) < 4.78 is 8.97. The molecule has 2 aromatic heterocycles. The van der Waals surface area contributed by atoms with Crippen LogP contribution in [0.1, 0.15) is 87.2 Å². The van der Waals surface area contributed by atoms with E-state index in [1.807, 2.05) is 0 Å². The van der Waals surface area contributed by atoms with Crippen LogP contribution in [0.3, 0.4) is 0 Å². The van der Waals surface area contributed by atoms with E-state index in [4.69, 9.17) is 4.42 Å². The molecular formula is C48H43NO. The van der Waals surface area contributed by atoms with Crippen LogP contribution in [0, 0.1) is 0 Å². The van der Waals surface area contributed by atoms with Crippen molar-refractivity contribution < 1.29 is 4.42 Å². The Morgan fingerprint density at radius 1 is 0.420 bits per heavy atom. The summed E-state index contributed by atoms with van der Waals surface area (Å²) in [6.07, 6.45) is 13.3. The van der Waals surface area contributed by atoms with Gasteiger partial charge >= 0.3 is 0 Å². The second-order valence-corrected chi connectivity index (χ2v) is 14.9. The van der Waals surface area contributed by atoms with Crippen molar-refractivity contribution in [3.63, 3.8) is 0 Å². The molecule has 2 aliphatic carbocycles. The van der Waals surface area contributed by atoms with Crippen molar-refractivity contribution in [2.45, 2.75) is 76.0 Å². The van der Waals surface area contributed by atoms with Crippen LogP contribution in [0.15, 0.2) is 132 Å². The Kier molecular flexibility index (Phi) is 7.36. The van der Waals surface area contributed by atoms with Crippen LogP contribution >= 0.6 is 0 Å². The molecule has 2 heterocycles. The smallest absolute Gasteiger partial charge is 0.136 e. The molecule has 50 heavy (non-hydrogen) atoms. The van der Waals surface area contributed by atoms with Crippen LogP contribution in [0.25, 0.3) is 71.7 Å². The van der Waals surface area contributed by atoms with Gasteiger partial charge in [-0.1, -0.05) is 136 Å². The number of benzene rings is 6. The van der Waals surface area contributed by atoms with Gasteiger partial charge in [-0.2, -0.15) is 0 Å². The Balaban J connectivity index is 1.22. The van der Waals surface area contributed by atoms with E-state index in [2.05, 4.69) is 132 Å². The van der Waals surface area contributed by atoms with Gasteiger partial charge < -0.3 is 8.98 Å². The molecular weight excluding hydrogens is 607 g/mol. The lowest BCUT2D eigenvalue weighted by molar-refractivity contribution is 0.444. The minimum atomic E-state index is 0.652. The molecule has 0 radical (unpaired) electrons.